The number of hydrogen-bond donors (Lipinski definition) is 2. The minimum Gasteiger partial charge on any atom is -0.444 e. The molecule has 2 fully saturated rings. The highest BCUT2D eigenvalue weighted by Crippen LogP contribution is 2.39. The summed E-state index contributed by atoms with van der Waals surface area (Å²) >= 11 is 1.74. The molecule has 0 aliphatic carbocycles. The number of piperidine rings is 1. The molecule has 2 aliphatic heterocycles. The lowest BCUT2D eigenvalue weighted by atomic mass is 10.0. The second kappa shape index (κ2) is 5.44. The first-order valence-electron chi connectivity index (χ1n) is 6.90. The Balaban J connectivity index is 1.87. The third-order valence-electron chi connectivity index (χ3n) is 3.53. The fourth-order valence-electron chi connectivity index (χ4n) is 2.46. The van der Waals surface area contributed by atoms with Gasteiger partial charge in [-0.15, -0.1) is 11.8 Å². The molecule has 2 heterocycles. The molecule has 0 saturated carbocycles. The van der Waals surface area contributed by atoms with Crippen LogP contribution in [0.3, 0.4) is 0 Å². The quantitative estimate of drug-likeness (QED) is 0.752. The van der Waals surface area contributed by atoms with Gasteiger partial charge in [0.15, 0.2) is 0 Å². The molecule has 0 aromatic rings. The van der Waals surface area contributed by atoms with Crippen molar-refractivity contribution in [3.63, 3.8) is 0 Å². The number of carbonyl (C=O) groups excluding carboxylic acids is 2. The molecule has 3 N–H and O–H groups in total. The van der Waals surface area contributed by atoms with Gasteiger partial charge in [0.25, 0.3) is 0 Å². The Morgan fingerprint density at radius 3 is 2.40 bits per heavy atom. The van der Waals surface area contributed by atoms with Gasteiger partial charge in [-0.25, -0.2) is 4.79 Å². The summed E-state index contributed by atoms with van der Waals surface area (Å²) in [7, 11) is 0. The first-order chi connectivity index (χ1) is 9.21. The van der Waals surface area contributed by atoms with E-state index in [1.807, 2.05) is 20.8 Å². The van der Waals surface area contributed by atoms with E-state index in [0.29, 0.717) is 18.8 Å². The van der Waals surface area contributed by atoms with Crippen LogP contribution in [0.25, 0.3) is 0 Å². The van der Waals surface area contributed by atoms with Crippen LogP contribution in [0.1, 0.15) is 33.6 Å². The molecule has 2 saturated heterocycles. The highest BCUT2D eigenvalue weighted by atomic mass is 32.2. The largest absolute Gasteiger partial charge is 0.444 e. The molecule has 2 rings (SSSR count). The number of nitrogens with two attached hydrogens (primary N) is 1. The number of primary amides is 1. The number of nitrogens with one attached hydrogen (secondary N) is 1. The maximum Gasteiger partial charge on any atom is 0.410 e. The number of ether oxygens (including phenoxy) is 1. The molecule has 0 aromatic heterocycles. The van der Waals surface area contributed by atoms with E-state index < -0.39 is 5.60 Å². The van der Waals surface area contributed by atoms with Crippen molar-refractivity contribution < 1.29 is 14.3 Å². The molecule has 114 valence electrons. The molecule has 1 spiro atoms. The molecule has 0 aromatic carbocycles. The van der Waals surface area contributed by atoms with Crippen molar-refractivity contribution in [1.82, 2.24) is 10.2 Å². The Morgan fingerprint density at radius 1 is 1.35 bits per heavy atom. The zero-order valence-electron chi connectivity index (χ0n) is 12.3. The molecular formula is C13H23N3O3S. The van der Waals surface area contributed by atoms with Crippen LogP contribution in [-0.4, -0.2) is 52.3 Å². The number of nitrogens with zero attached hydrogens (tertiary/aromatic N) is 1. The average molecular weight is 301 g/mol. The first-order valence-corrected chi connectivity index (χ1v) is 7.88. The Bertz CT molecular complexity index is 400. The lowest BCUT2D eigenvalue weighted by Crippen LogP contribution is -2.54. The van der Waals surface area contributed by atoms with Crippen LogP contribution < -0.4 is 11.1 Å². The van der Waals surface area contributed by atoms with Gasteiger partial charge in [0.2, 0.25) is 5.91 Å². The summed E-state index contributed by atoms with van der Waals surface area (Å²) in [6.45, 7) is 6.87. The van der Waals surface area contributed by atoms with E-state index in [1.54, 1.807) is 16.7 Å². The van der Waals surface area contributed by atoms with Gasteiger partial charge in [-0.05, 0) is 33.6 Å². The van der Waals surface area contributed by atoms with Crippen LogP contribution in [0, 0.1) is 0 Å². The zero-order chi connectivity index (χ0) is 15.0. The number of hydrogen-bond acceptors (Lipinski definition) is 5. The van der Waals surface area contributed by atoms with Gasteiger partial charge in [-0.3, -0.25) is 10.1 Å². The Hall–Kier alpha value is -0.950. The van der Waals surface area contributed by atoms with E-state index in [9.17, 15) is 9.59 Å². The van der Waals surface area contributed by atoms with Crippen molar-refractivity contribution in [1.29, 1.82) is 0 Å². The third-order valence-corrected chi connectivity index (χ3v) is 5.11. The van der Waals surface area contributed by atoms with Gasteiger partial charge >= 0.3 is 6.09 Å². The van der Waals surface area contributed by atoms with Gasteiger partial charge in [0, 0.05) is 18.8 Å². The number of carbonyl (C=O) groups is 2. The number of likely N-dealkylation sites (tertiary alicyclic amines) is 1. The van der Waals surface area contributed by atoms with Crippen LogP contribution in [-0.2, 0) is 9.53 Å². The van der Waals surface area contributed by atoms with Gasteiger partial charge in [0.05, 0.1) is 10.9 Å². The second-order valence-electron chi connectivity index (χ2n) is 6.37. The molecular weight excluding hydrogens is 278 g/mol. The summed E-state index contributed by atoms with van der Waals surface area (Å²) in [6, 6.07) is -0.256. The fourth-order valence-corrected chi connectivity index (χ4v) is 3.89. The zero-order valence-corrected chi connectivity index (χ0v) is 13.1. The number of thioether (sulfide) groups is 1. The normalized spacial score (nSPS) is 25.8. The maximum atomic E-state index is 12.0. The van der Waals surface area contributed by atoms with Crippen LogP contribution in [0.4, 0.5) is 4.79 Å². The number of rotatable bonds is 1. The maximum absolute atomic E-state index is 12.0. The summed E-state index contributed by atoms with van der Waals surface area (Å²) in [5.41, 5.74) is 4.86. The van der Waals surface area contributed by atoms with Crippen molar-refractivity contribution >= 4 is 23.8 Å². The molecule has 1 atom stereocenters. The van der Waals surface area contributed by atoms with E-state index in [2.05, 4.69) is 5.32 Å². The SMILES string of the molecule is CC(C)(C)OC(=O)N1CCC2(CC1)N[C@H](C(N)=O)CS2. The van der Waals surface area contributed by atoms with Crippen LogP contribution in [0.15, 0.2) is 0 Å². The van der Waals surface area contributed by atoms with Gasteiger partial charge in [-0.1, -0.05) is 0 Å². The Morgan fingerprint density at radius 2 is 1.95 bits per heavy atom. The van der Waals surface area contributed by atoms with Crippen LogP contribution >= 0.6 is 11.8 Å². The van der Waals surface area contributed by atoms with Gasteiger partial charge < -0.3 is 15.4 Å². The van der Waals surface area contributed by atoms with Crippen molar-refractivity contribution in [2.45, 2.75) is 50.1 Å². The lowest BCUT2D eigenvalue weighted by molar-refractivity contribution is -0.119. The Kier molecular flexibility index (Phi) is 4.20. The van der Waals surface area contributed by atoms with Crippen molar-refractivity contribution in [3.8, 4) is 0 Å². The smallest absolute Gasteiger partial charge is 0.410 e. The average Bonchev–Trinajstić information content (AvgIpc) is 2.72. The second-order valence-corrected chi connectivity index (χ2v) is 7.78. The summed E-state index contributed by atoms with van der Waals surface area (Å²) in [5, 5.41) is 3.32. The number of amides is 2. The van der Waals surface area contributed by atoms with Gasteiger partial charge in [0.1, 0.15) is 5.60 Å². The van der Waals surface area contributed by atoms with Crippen molar-refractivity contribution in [3.05, 3.63) is 0 Å². The first kappa shape index (κ1) is 15.4. The summed E-state index contributed by atoms with van der Waals surface area (Å²) in [6.07, 6.45) is 1.35. The molecule has 0 bridgehead atoms. The molecule has 0 radical (unpaired) electrons. The topological polar surface area (TPSA) is 84.7 Å². The van der Waals surface area contributed by atoms with Crippen LogP contribution in [0.5, 0.6) is 0 Å². The third kappa shape index (κ3) is 3.58. The predicted molar refractivity (Wildman–Crippen MR) is 78.3 cm³/mol. The summed E-state index contributed by atoms with van der Waals surface area (Å²) in [4.78, 5) is 24.8. The Labute approximate surface area is 123 Å². The summed E-state index contributed by atoms with van der Waals surface area (Å²) < 4.78 is 5.37. The predicted octanol–water partition coefficient (Wildman–Crippen LogP) is 0.904. The van der Waals surface area contributed by atoms with E-state index in [4.69, 9.17) is 10.5 Å². The molecule has 2 aliphatic rings. The van der Waals surface area contributed by atoms with Crippen LogP contribution in [0.2, 0.25) is 0 Å². The summed E-state index contributed by atoms with van der Waals surface area (Å²) in [5.74, 6) is 0.408. The van der Waals surface area contributed by atoms with Crippen molar-refractivity contribution in [2.24, 2.45) is 5.73 Å². The minimum absolute atomic E-state index is 0.113. The van der Waals surface area contributed by atoms with E-state index >= 15 is 0 Å². The molecule has 0 unspecified atom stereocenters. The molecule has 20 heavy (non-hydrogen) atoms. The standard InChI is InChI=1S/C13H23N3O3S/c1-12(2,3)19-11(18)16-6-4-13(5-7-16)15-9(8-20-13)10(14)17/h9,15H,4-8H2,1-3H3,(H2,14,17)/t9-/m0/s1. The minimum atomic E-state index is -0.469. The van der Waals surface area contributed by atoms with E-state index in [-0.39, 0.29) is 22.9 Å². The molecule has 2 amide bonds. The fraction of sp³-hybridized carbons (Fsp3) is 0.846. The lowest BCUT2D eigenvalue weighted by Gasteiger charge is -2.39. The molecule has 6 nitrogen and oxygen atoms in total. The van der Waals surface area contributed by atoms with E-state index in [0.717, 1.165) is 12.8 Å². The molecule has 7 heteroatoms. The highest BCUT2D eigenvalue weighted by Gasteiger charge is 2.44. The van der Waals surface area contributed by atoms with E-state index in [1.165, 1.54) is 0 Å². The van der Waals surface area contributed by atoms with Crippen molar-refractivity contribution in [2.75, 3.05) is 18.8 Å². The monoisotopic (exact) mass is 301 g/mol. The highest BCUT2D eigenvalue weighted by molar-refractivity contribution is 8.01. The van der Waals surface area contributed by atoms with Gasteiger partial charge in [-0.2, -0.15) is 0 Å².